The van der Waals surface area contributed by atoms with Crippen molar-refractivity contribution in [1.82, 2.24) is 4.90 Å². The van der Waals surface area contributed by atoms with Crippen LogP contribution in [-0.2, 0) is 16.2 Å². The van der Waals surface area contributed by atoms with Crippen LogP contribution in [0.1, 0.15) is 55.0 Å². The number of rotatable bonds is 9. The second kappa shape index (κ2) is 11.0. The molecule has 1 saturated heterocycles. The summed E-state index contributed by atoms with van der Waals surface area (Å²) in [7, 11) is 1.59. The SMILES string of the molecule is COc1ccc(C2SCC(C(=O)O)N2C(=O)CCC2CCCC2)cc1OCc1ccccc1. The molecule has 33 heavy (non-hydrogen) atoms. The molecule has 1 N–H and O–H groups in total. The second-order valence-corrected chi connectivity index (χ2v) is 9.83. The maximum atomic E-state index is 13.2. The van der Waals surface area contributed by atoms with Crippen LogP contribution in [0.2, 0.25) is 0 Å². The Morgan fingerprint density at radius 1 is 1.09 bits per heavy atom. The molecular weight excluding hydrogens is 438 g/mol. The van der Waals surface area contributed by atoms with Gasteiger partial charge in [-0.2, -0.15) is 0 Å². The molecule has 2 aliphatic rings. The number of amides is 1. The summed E-state index contributed by atoms with van der Waals surface area (Å²) in [4.78, 5) is 26.7. The van der Waals surface area contributed by atoms with Crippen LogP contribution in [0, 0.1) is 5.92 Å². The van der Waals surface area contributed by atoms with Crippen LogP contribution >= 0.6 is 11.8 Å². The van der Waals surface area contributed by atoms with Crippen molar-refractivity contribution in [2.75, 3.05) is 12.9 Å². The Morgan fingerprint density at radius 2 is 1.85 bits per heavy atom. The molecule has 2 aromatic rings. The van der Waals surface area contributed by atoms with Gasteiger partial charge in [0.15, 0.2) is 11.5 Å². The van der Waals surface area contributed by atoms with E-state index in [0.29, 0.717) is 36.2 Å². The topological polar surface area (TPSA) is 76.1 Å². The van der Waals surface area contributed by atoms with Crippen molar-refractivity contribution < 1.29 is 24.2 Å². The lowest BCUT2D eigenvalue weighted by Gasteiger charge is -2.28. The molecule has 2 atom stereocenters. The van der Waals surface area contributed by atoms with Gasteiger partial charge in [0.2, 0.25) is 5.91 Å². The van der Waals surface area contributed by atoms with E-state index in [2.05, 4.69) is 0 Å². The monoisotopic (exact) mass is 469 g/mol. The van der Waals surface area contributed by atoms with Crippen molar-refractivity contribution in [2.45, 2.75) is 56.5 Å². The first-order valence-corrected chi connectivity index (χ1v) is 12.6. The van der Waals surface area contributed by atoms with Gasteiger partial charge < -0.3 is 19.5 Å². The van der Waals surface area contributed by atoms with Crippen LogP contribution in [0.15, 0.2) is 48.5 Å². The zero-order valence-electron chi connectivity index (χ0n) is 18.9. The van der Waals surface area contributed by atoms with Gasteiger partial charge in [-0.15, -0.1) is 11.8 Å². The predicted octanol–water partition coefficient (Wildman–Crippen LogP) is 5.27. The minimum Gasteiger partial charge on any atom is -0.493 e. The van der Waals surface area contributed by atoms with Crippen LogP contribution in [-0.4, -0.2) is 40.8 Å². The second-order valence-electron chi connectivity index (χ2n) is 8.71. The predicted molar refractivity (Wildman–Crippen MR) is 128 cm³/mol. The maximum Gasteiger partial charge on any atom is 0.327 e. The molecule has 2 aromatic carbocycles. The van der Waals surface area contributed by atoms with E-state index in [1.807, 2.05) is 48.5 Å². The number of carboxylic acid groups (broad SMARTS) is 1. The number of carboxylic acids is 1. The van der Waals surface area contributed by atoms with E-state index < -0.39 is 12.0 Å². The number of benzene rings is 2. The quantitative estimate of drug-likeness (QED) is 0.539. The fourth-order valence-corrected chi connectivity index (χ4v) is 6.14. The van der Waals surface area contributed by atoms with Crippen molar-refractivity contribution in [2.24, 2.45) is 5.92 Å². The van der Waals surface area contributed by atoms with Gasteiger partial charge in [0.25, 0.3) is 0 Å². The van der Waals surface area contributed by atoms with E-state index >= 15 is 0 Å². The highest BCUT2D eigenvalue weighted by Gasteiger charge is 2.42. The molecule has 1 amide bonds. The largest absolute Gasteiger partial charge is 0.493 e. The Bertz CT molecular complexity index is 960. The highest BCUT2D eigenvalue weighted by molar-refractivity contribution is 7.99. The number of methoxy groups -OCH3 is 1. The molecule has 1 aliphatic heterocycles. The summed E-state index contributed by atoms with van der Waals surface area (Å²) in [5.41, 5.74) is 1.89. The van der Waals surface area contributed by atoms with Gasteiger partial charge in [0, 0.05) is 12.2 Å². The molecule has 1 heterocycles. The molecular formula is C26H31NO5S. The van der Waals surface area contributed by atoms with Crippen LogP contribution in [0.25, 0.3) is 0 Å². The highest BCUT2D eigenvalue weighted by Crippen LogP contribution is 2.44. The number of thioether (sulfide) groups is 1. The summed E-state index contributed by atoms with van der Waals surface area (Å²) in [5.74, 6) is 1.12. The van der Waals surface area contributed by atoms with Crippen molar-refractivity contribution in [3.63, 3.8) is 0 Å². The molecule has 0 radical (unpaired) electrons. The average molecular weight is 470 g/mol. The van der Waals surface area contributed by atoms with Crippen LogP contribution in [0.5, 0.6) is 11.5 Å². The standard InChI is InChI=1S/C26H31NO5S/c1-31-22-13-12-20(15-23(22)32-16-19-9-3-2-4-10-19)25-27(21(17-33-25)26(29)30)24(28)14-11-18-7-5-6-8-18/h2-4,9-10,12-13,15,18,21,25H,5-8,11,14,16-17H2,1H3,(H,29,30). The highest BCUT2D eigenvalue weighted by atomic mass is 32.2. The summed E-state index contributed by atoms with van der Waals surface area (Å²) in [5, 5.41) is 9.42. The molecule has 176 valence electrons. The van der Waals surface area contributed by atoms with Gasteiger partial charge in [0.05, 0.1) is 7.11 Å². The van der Waals surface area contributed by atoms with Gasteiger partial charge >= 0.3 is 5.97 Å². The molecule has 0 spiro atoms. The Labute approximate surface area is 199 Å². The lowest BCUT2D eigenvalue weighted by Crippen LogP contribution is -2.43. The Hall–Kier alpha value is -2.67. The lowest BCUT2D eigenvalue weighted by molar-refractivity contribution is -0.149. The summed E-state index contributed by atoms with van der Waals surface area (Å²) in [6.45, 7) is 0.389. The molecule has 1 saturated carbocycles. The van der Waals surface area contributed by atoms with Crippen molar-refractivity contribution >= 4 is 23.6 Å². The van der Waals surface area contributed by atoms with E-state index in [1.165, 1.54) is 37.4 Å². The molecule has 2 unspecified atom stereocenters. The number of carbonyl (C=O) groups excluding carboxylic acids is 1. The van der Waals surface area contributed by atoms with Gasteiger partial charge in [-0.05, 0) is 35.6 Å². The number of nitrogens with zero attached hydrogens (tertiary/aromatic N) is 1. The summed E-state index contributed by atoms with van der Waals surface area (Å²) >= 11 is 1.49. The Kier molecular flexibility index (Phi) is 7.81. The fraction of sp³-hybridized carbons (Fsp3) is 0.462. The van der Waals surface area contributed by atoms with Gasteiger partial charge in [-0.3, -0.25) is 4.79 Å². The van der Waals surface area contributed by atoms with Gasteiger partial charge in [-0.25, -0.2) is 4.79 Å². The minimum absolute atomic E-state index is 0.0770. The van der Waals surface area contributed by atoms with Crippen LogP contribution in [0.3, 0.4) is 0 Å². The summed E-state index contributed by atoms with van der Waals surface area (Å²) in [6.07, 6.45) is 6.06. The number of carbonyl (C=O) groups is 2. The number of ether oxygens (including phenoxy) is 2. The molecule has 0 bridgehead atoms. The third-order valence-corrected chi connectivity index (χ3v) is 7.85. The third kappa shape index (κ3) is 5.64. The average Bonchev–Trinajstić information content (AvgIpc) is 3.52. The lowest BCUT2D eigenvalue weighted by atomic mass is 10.0. The Balaban J connectivity index is 1.53. The van der Waals surface area contributed by atoms with E-state index in [-0.39, 0.29) is 11.3 Å². The summed E-state index contributed by atoms with van der Waals surface area (Å²) < 4.78 is 11.5. The van der Waals surface area contributed by atoms with Crippen LogP contribution < -0.4 is 9.47 Å². The third-order valence-electron chi connectivity index (χ3n) is 6.52. The number of hydrogen-bond acceptors (Lipinski definition) is 5. The molecule has 4 rings (SSSR count). The van der Waals surface area contributed by atoms with Gasteiger partial charge in [-0.1, -0.05) is 62.1 Å². The molecule has 1 aliphatic carbocycles. The van der Waals surface area contributed by atoms with Crippen LogP contribution in [0.4, 0.5) is 0 Å². The number of aliphatic carboxylic acids is 1. The molecule has 6 nitrogen and oxygen atoms in total. The zero-order valence-corrected chi connectivity index (χ0v) is 19.8. The van der Waals surface area contributed by atoms with Crippen molar-refractivity contribution in [1.29, 1.82) is 0 Å². The van der Waals surface area contributed by atoms with Crippen molar-refractivity contribution in [3.05, 3.63) is 59.7 Å². The molecule has 0 aromatic heterocycles. The van der Waals surface area contributed by atoms with E-state index in [9.17, 15) is 14.7 Å². The first kappa shape index (κ1) is 23.5. The summed E-state index contributed by atoms with van der Waals surface area (Å²) in [6, 6.07) is 14.6. The normalized spacial score (nSPS) is 20.7. The van der Waals surface area contributed by atoms with E-state index in [4.69, 9.17) is 9.47 Å². The molecule has 2 fully saturated rings. The van der Waals surface area contributed by atoms with E-state index in [1.54, 1.807) is 12.0 Å². The van der Waals surface area contributed by atoms with Gasteiger partial charge in [0.1, 0.15) is 18.0 Å². The minimum atomic E-state index is -0.951. The maximum absolute atomic E-state index is 13.2. The smallest absolute Gasteiger partial charge is 0.327 e. The fourth-order valence-electron chi connectivity index (χ4n) is 4.71. The van der Waals surface area contributed by atoms with E-state index in [0.717, 1.165) is 17.5 Å². The first-order chi connectivity index (χ1) is 16.1. The first-order valence-electron chi connectivity index (χ1n) is 11.6. The Morgan fingerprint density at radius 3 is 2.55 bits per heavy atom. The number of hydrogen-bond donors (Lipinski definition) is 1. The molecule has 7 heteroatoms. The zero-order chi connectivity index (χ0) is 23.2. The van der Waals surface area contributed by atoms with Crippen molar-refractivity contribution in [3.8, 4) is 11.5 Å².